The Bertz CT molecular complexity index is 1580. The molecule has 0 unspecified atom stereocenters. The Morgan fingerprint density at radius 1 is 0.721 bits per heavy atom. The maximum absolute atomic E-state index is 13.6. The molecule has 4 rings (SSSR count). The molecule has 2 heterocycles. The van der Waals surface area contributed by atoms with Crippen LogP contribution in [0.1, 0.15) is 51.7 Å². The van der Waals surface area contributed by atoms with Crippen LogP contribution in [-0.4, -0.2) is 70.7 Å². The van der Waals surface area contributed by atoms with Gasteiger partial charge in [0, 0.05) is 0 Å². The van der Waals surface area contributed by atoms with Crippen molar-refractivity contribution in [1.82, 2.24) is 20.4 Å². The second-order valence-electron chi connectivity index (χ2n) is 9.10. The van der Waals surface area contributed by atoms with Crippen LogP contribution in [0.3, 0.4) is 0 Å². The zero-order valence-electron chi connectivity index (χ0n) is 24.3. The molecule has 0 aliphatic rings. The van der Waals surface area contributed by atoms with Crippen LogP contribution in [0.15, 0.2) is 36.4 Å². The van der Waals surface area contributed by atoms with Gasteiger partial charge in [-0.05, 0) is 70.0 Å². The summed E-state index contributed by atoms with van der Waals surface area (Å²) in [5, 5.41) is 12.3. The summed E-state index contributed by atoms with van der Waals surface area (Å²) < 4.78 is 46.9. The number of nitrogens with one attached hydrogen (secondary N) is 2. The number of aromatic nitrogens is 4. The fraction of sp³-hybridized carbons (Fsp3) is 0.379. The van der Waals surface area contributed by atoms with Crippen molar-refractivity contribution in [3.05, 3.63) is 59.4 Å². The van der Waals surface area contributed by atoms with Gasteiger partial charge in [0.05, 0.1) is 48.2 Å². The average molecular weight is 603 g/mol. The lowest BCUT2D eigenvalue weighted by molar-refractivity contribution is -0.164. The van der Waals surface area contributed by atoms with Crippen LogP contribution in [0.2, 0.25) is 0 Å². The van der Waals surface area contributed by atoms with E-state index in [1.54, 1.807) is 52.0 Å². The van der Waals surface area contributed by atoms with Gasteiger partial charge in [-0.25, -0.2) is 0 Å². The summed E-state index contributed by atoms with van der Waals surface area (Å²) in [6.45, 7) is 8.48. The van der Waals surface area contributed by atoms with Crippen LogP contribution in [0, 0.1) is 11.9 Å². The first kappa shape index (κ1) is 32.6. The van der Waals surface area contributed by atoms with E-state index in [0.29, 0.717) is 16.6 Å². The Morgan fingerprint density at radius 3 is 1.63 bits per heavy atom. The van der Waals surface area contributed by atoms with Gasteiger partial charge >= 0.3 is 23.9 Å². The van der Waals surface area contributed by atoms with Crippen LogP contribution in [0.4, 0.5) is 8.78 Å². The molecule has 0 spiro atoms. The van der Waals surface area contributed by atoms with Crippen molar-refractivity contribution in [2.75, 3.05) is 26.4 Å². The van der Waals surface area contributed by atoms with Crippen LogP contribution in [0.25, 0.3) is 21.8 Å². The first-order chi connectivity index (χ1) is 20.5. The fourth-order valence-corrected chi connectivity index (χ4v) is 4.16. The maximum atomic E-state index is 13.6. The minimum atomic E-state index is -1.66. The van der Waals surface area contributed by atoms with E-state index in [9.17, 15) is 28.0 Å². The molecule has 0 aliphatic carbocycles. The number of rotatable bonds is 10. The summed E-state index contributed by atoms with van der Waals surface area (Å²) in [4.78, 5) is 48.6. The molecule has 2 aromatic heterocycles. The van der Waals surface area contributed by atoms with Crippen LogP contribution < -0.4 is 0 Å². The standard InChI is InChI=1S/C15H17FN2O4.C14H15FN2O4/c1-4-21-13(19)15(3,14(20)22-5-2)9-6-7-11-10(8-9)12(16)18-17-11;1-3-20-13(18)11(14(19)21-4-2)8-5-6-10-9(7-8)12(15)17-16-10/h6-8H,4-5H2,1-3H3,(H,17,18);5-7,11H,3-4H2,1-2H3,(H,16,17). The third kappa shape index (κ3) is 6.96. The molecule has 43 heavy (non-hydrogen) atoms. The highest BCUT2D eigenvalue weighted by Gasteiger charge is 2.46. The third-order valence-electron chi connectivity index (χ3n) is 6.38. The summed E-state index contributed by atoms with van der Waals surface area (Å²) >= 11 is 0. The number of benzene rings is 2. The number of carbonyl (C=O) groups is 4. The molecule has 230 valence electrons. The predicted octanol–water partition coefficient (Wildman–Crippen LogP) is 4.00. The SMILES string of the molecule is CCOC(=O)C(C(=O)OCC)c1ccc2[nH]nc(F)c2c1.CCOC(=O)C(C)(C(=O)OCC)c1ccc2[nH]nc(F)c2c1. The molecular weight excluding hydrogens is 570 g/mol. The number of nitrogens with zero attached hydrogens (tertiary/aromatic N) is 2. The molecule has 0 saturated heterocycles. The van der Waals surface area contributed by atoms with Gasteiger partial charge in [0.25, 0.3) is 0 Å². The Balaban J connectivity index is 0.000000236. The molecule has 2 N–H and O–H groups in total. The highest BCUT2D eigenvalue weighted by molar-refractivity contribution is 6.06. The summed E-state index contributed by atoms with van der Waals surface area (Å²) in [6.07, 6.45) is 0. The molecule has 0 atom stereocenters. The van der Waals surface area contributed by atoms with E-state index in [4.69, 9.17) is 18.9 Å². The third-order valence-corrected chi connectivity index (χ3v) is 6.38. The Hall–Kier alpha value is -4.88. The van der Waals surface area contributed by atoms with E-state index in [1.165, 1.54) is 19.1 Å². The Morgan fingerprint density at radius 2 is 1.16 bits per heavy atom. The van der Waals surface area contributed by atoms with Gasteiger partial charge in [0.15, 0.2) is 11.3 Å². The second kappa shape index (κ2) is 14.3. The van der Waals surface area contributed by atoms with Crippen molar-refractivity contribution >= 4 is 45.7 Å². The molecule has 14 heteroatoms. The Labute approximate surface area is 245 Å². The zero-order valence-corrected chi connectivity index (χ0v) is 24.3. The molecule has 0 radical (unpaired) electrons. The van der Waals surface area contributed by atoms with Crippen molar-refractivity contribution in [2.45, 2.75) is 46.0 Å². The fourth-order valence-electron chi connectivity index (χ4n) is 4.16. The molecule has 4 aromatic rings. The summed E-state index contributed by atoms with van der Waals surface area (Å²) in [5.74, 6) is -5.55. The predicted molar refractivity (Wildman–Crippen MR) is 149 cm³/mol. The molecule has 0 bridgehead atoms. The van der Waals surface area contributed by atoms with E-state index in [0.717, 1.165) is 0 Å². The van der Waals surface area contributed by atoms with Gasteiger partial charge in [-0.15, -0.1) is 10.2 Å². The smallest absolute Gasteiger partial charge is 0.327 e. The van der Waals surface area contributed by atoms with Crippen LogP contribution in [0.5, 0.6) is 0 Å². The lowest BCUT2D eigenvalue weighted by Gasteiger charge is -2.25. The number of hydrogen-bond donors (Lipinski definition) is 2. The minimum absolute atomic E-state index is 0.121. The maximum Gasteiger partial charge on any atom is 0.327 e. The minimum Gasteiger partial charge on any atom is -0.465 e. The number of esters is 4. The molecule has 2 aromatic carbocycles. The lowest BCUT2D eigenvalue weighted by atomic mass is 9.82. The number of aromatic amines is 2. The lowest BCUT2D eigenvalue weighted by Crippen LogP contribution is -2.43. The molecular formula is C29H32F2N4O8. The highest BCUT2D eigenvalue weighted by atomic mass is 19.1. The van der Waals surface area contributed by atoms with Crippen molar-refractivity contribution in [1.29, 1.82) is 0 Å². The van der Waals surface area contributed by atoms with Gasteiger partial charge in [0.2, 0.25) is 11.9 Å². The molecule has 0 amide bonds. The van der Waals surface area contributed by atoms with E-state index in [2.05, 4.69) is 20.4 Å². The van der Waals surface area contributed by atoms with E-state index in [1.807, 2.05) is 0 Å². The topological polar surface area (TPSA) is 163 Å². The number of H-pyrrole nitrogens is 2. The van der Waals surface area contributed by atoms with Gasteiger partial charge < -0.3 is 18.9 Å². The van der Waals surface area contributed by atoms with Gasteiger partial charge in [0.1, 0.15) is 0 Å². The number of hydrogen-bond acceptors (Lipinski definition) is 10. The normalized spacial score (nSPS) is 11.2. The quantitative estimate of drug-likeness (QED) is 0.154. The molecule has 0 saturated carbocycles. The molecule has 12 nitrogen and oxygen atoms in total. The van der Waals surface area contributed by atoms with Crippen molar-refractivity contribution in [3.8, 4) is 0 Å². The first-order valence-corrected chi connectivity index (χ1v) is 13.5. The summed E-state index contributed by atoms with van der Waals surface area (Å²) in [6, 6.07) is 8.99. The molecule has 0 aliphatic heterocycles. The summed E-state index contributed by atoms with van der Waals surface area (Å²) in [5.41, 5.74) is -0.125. The second-order valence-corrected chi connectivity index (χ2v) is 9.10. The number of ether oxygens (including phenoxy) is 4. The summed E-state index contributed by atoms with van der Waals surface area (Å²) in [7, 11) is 0. The van der Waals surface area contributed by atoms with Gasteiger partial charge in [-0.1, -0.05) is 12.1 Å². The van der Waals surface area contributed by atoms with Crippen molar-refractivity contribution < 1.29 is 46.9 Å². The number of carbonyl (C=O) groups excluding carboxylic acids is 4. The highest BCUT2D eigenvalue weighted by Crippen LogP contribution is 2.30. The number of halogens is 2. The Kier molecular flexibility index (Phi) is 10.9. The van der Waals surface area contributed by atoms with Crippen LogP contribution in [-0.2, 0) is 43.5 Å². The zero-order chi connectivity index (χ0) is 31.7. The number of fused-ring (bicyclic) bond motifs is 2. The van der Waals surface area contributed by atoms with Crippen LogP contribution >= 0.6 is 0 Å². The van der Waals surface area contributed by atoms with Crippen molar-refractivity contribution in [2.24, 2.45) is 0 Å². The first-order valence-electron chi connectivity index (χ1n) is 13.5. The van der Waals surface area contributed by atoms with Gasteiger partial charge in [-0.3, -0.25) is 29.4 Å². The molecule has 0 fully saturated rings. The van der Waals surface area contributed by atoms with Crippen molar-refractivity contribution in [3.63, 3.8) is 0 Å². The van der Waals surface area contributed by atoms with E-state index >= 15 is 0 Å². The largest absolute Gasteiger partial charge is 0.465 e. The monoisotopic (exact) mass is 602 g/mol. The average Bonchev–Trinajstić information content (AvgIpc) is 3.55. The van der Waals surface area contributed by atoms with E-state index < -0.39 is 47.1 Å². The van der Waals surface area contributed by atoms with Gasteiger partial charge in [-0.2, -0.15) is 8.78 Å². The van der Waals surface area contributed by atoms with E-state index in [-0.39, 0.29) is 42.8 Å².